The molecule has 3 rings (SSSR count). The van der Waals surface area contributed by atoms with Gasteiger partial charge in [0, 0.05) is 15.4 Å². The first-order valence-corrected chi connectivity index (χ1v) is 9.77. The Morgan fingerprint density at radius 2 is 1.96 bits per heavy atom. The molecule has 1 amide bonds. The minimum Gasteiger partial charge on any atom is -0.494 e. The third-order valence-electron chi connectivity index (χ3n) is 4.08. The van der Waals surface area contributed by atoms with E-state index in [1.165, 1.54) is 0 Å². The Kier molecular flexibility index (Phi) is 6.66. The summed E-state index contributed by atoms with van der Waals surface area (Å²) in [6.45, 7) is 4.20. The Morgan fingerprint density at radius 1 is 1.18 bits per heavy atom. The number of carbonyl (C=O) groups is 1. The molecular formula is C22H21BrN2O3. The number of amides is 1. The highest BCUT2D eigenvalue weighted by Crippen LogP contribution is 2.26. The molecule has 6 heteroatoms. The number of rotatable bonds is 7. The largest absolute Gasteiger partial charge is 0.494 e. The second kappa shape index (κ2) is 9.37. The lowest BCUT2D eigenvalue weighted by atomic mass is 10.1. The highest BCUT2D eigenvalue weighted by molar-refractivity contribution is 9.10. The molecule has 1 N–H and O–H groups in total. The fourth-order valence-corrected chi connectivity index (χ4v) is 3.02. The van der Waals surface area contributed by atoms with Crippen LogP contribution in [-0.2, 0) is 4.79 Å². The molecule has 3 aromatic carbocycles. The second-order valence-corrected chi connectivity index (χ2v) is 6.94. The van der Waals surface area contributed by atoms with E-state index in [-0.39, 0.29) is 5.91 Å². The van der Waals surface area contributed by atoms with E-state index in [9.17, 15) is 4.79 Å². The van der Waals surface area contributed by atoms with Crippen molar-refractivity contribution in [1.29, 1.82) is 0 Å². The smallest absolute Gasteiger partial charge is 0.280 e. The summed E-state index contributed by atoms with van der Waals surface area (Å²) < 4.78 is 12.2. The van der Waals surface area contributed by atoms with Gasteiger partial charge in [-0.05, 0) is 43.5 Å². The number of fused-ring (bicyclic) bond motifs is 1. The predicted octanol–water partition coefficient (Wildman–Crippen LogP) is 4.92. The molecule has 0 aliphatic rings. The summed E-state index contributed by atoms with van der Waals surface area (Å²) in [5.41, 5.74) is 3.32. The number of hydrazone groups is 1. The predicted molar refractivity (Wildman–Crippen MR) is 115 cm³/mol. The standard InChI is InChI=1S/C22H21BrN2O3/c1-3-27-18-11-12-20(23)17(13-18)14-24-25-22(26)15(2)28-21-10-6-8-16-7-4-5-9-19(16)21/h4-15H,3H2,1-2H3,(H,25,26)/b24-14+. The summed E-state index contributed by atoms with van der Waals surface area (Å²) in [6, 6.07) is 19.2. The van der Waals surface area contributed by atoms with Crippen LogP contribution in [0, 0.1) is 0 Å². The molecule has 0 spiro atoms. The third kappa shape index (κ3) is 4.89. The first-order chi connectivity index (χ1) is 13.6. The van der Waals surface area contributed by atoms with Gasteiger partial charge in [0.2, 0.25) is 0 Å². The molecule has 0 saturated heterocycles. The molecule has 3 aromatic rings. The van der Waals surface area contributed by atoms with Crippen molar-refractivity contribution in [3.63, 3.8) is 0 Å². The second-order valence-electron chi connectivity index (χ2n) is 6.09. The summed E-state index contributed by atoms with van der Waals surface area (Å²) in [4.78, 5) is 12.3. The van der Waals surface area contributed by atoms with Gasteiger partial charge in [0.15, 0.2) is 6.10 Å². The van der Waals surface area contributed by atoms with Crippen molar-refractivity contribution in [1.82, 2.24) is 5.43 Å². The van der Waals surface area contributed by atoms with E-state index < -0.39 is 6.10 Å². The fourth-order valence-electron chi connectivity index (χ4n) is 2.68. The molecule has 1 unspecified atom stereocenters. The van der Waals surface area contributed by atoms with Crippen molar-refractivity contribution in [3.8, 4) is 11.5 Å². The number of nitrogens with one attached hydrogen (secondary N) is 1. The van der Waals surface area contributed by atoms with Crippen molar-refractivity contribution in [2.75, 3.05) is 6.61 Å². The van der Waals surface area contributed by atoms with Crippen molar-refractivity contribution in [3.05, 3.63) is 70.7 Å². The summed E-state index contributed by atoms with van der Waals surface area (Å²) >= 11 is 3.46. The van der Waals surface area contributed by atoms with Crippen LogP contribution >= 0.6 is 15.9 Å². The van der Waals surface area contributed by atoms with Gasteiger partial charge in [-0.15, -0.1) is 0 Å². The highest BCUT2D eigenvalue weighted by Gasteiger charge is 2.15. The zero-order chi connectivity index (χ0) is 19.9. The van der Waals surface area contributed by atoms with Crippen LogP contribution in [0.3, 0.4) is 0 Å². The van der Waals surface area contributed by atoms with E-state index in [1.807, 2.05) is 67.6 Å². The summed E-state index contributed by atoms with van der Waals surface area (Å²) in [5.74, 6) is 1.07. The first-order valence-electron chi connectivity index (χ1n) is 8.98. The van der Waals surface area contributed by atoms with E-state index in [0.717, 1.165) is 26.6 Å². The van der Waals surface area contributed by atoms with Crippen molar-refractivity contribution >= 4 is 38.8 Å². The highest BCUT2D eigenvalue weighted by atomic mass is 79.9. The van der Waals surface area contributed by atoms with Crippen LogP contribution in [0.15, 0.2) is 70.2 Å². The minimum absolute atomic E-state index is 0.332. The zero-order valence-electron chi connectivity index (χ0n) is 15.7. The molecule has 0 aromatic heterocycles. The van der Waals surface area contributed by atoms with E-state index in [1.54, 1.807) is 13.1 Å². The lowest BCUT2D eigenvalue weighted by Crippen LogP contribution is -2.33. The number of ether oxygens (including phenoxy) is 2. The number of benzene rings is 3. The number of halogens is 1. The topological polar surface area (TPSA) is 59.9 Å². The Balaban J connectivity index is 1.64. The number of nitrogens with zero attached hydrogens (tertiary/aromatic N) is 1. The van der Waals surface area contributed by atoms with Gasteiger partial charge in [0.05, 0.1) is 12.8 Å². The van der Waals surface area contributed by atoms with Crippen molar-refractivity contribution in [2.45, 2.75) is 20.0 Å². The van der Waals surface area contributed by atoms with Crippen LogP contribution in [0.1, 0.15) is 19.4 Å². The molecule has 0 radical (unpaired) electrons. The molecule has 0 aliphatic heterocycles. The molecule has 0 bridgehead atoms. The van der Waals surface area contributed by atoms with Crippen LogP contribution in [0.5, 0.6) is 11.5 Å². The maximum Gasteiger partial charge on any atom is 0.280 e. The molecule has 1 atom stereocenters. The van der Waals surface area contributed by atoms with Gasteiger partial charge in [-0.25, -0.2) is 5.43 Å². The van der Waals surface area contributed by atoms with Gasteiger partial charge in [-0.2, -0.15) is 5.10 Å². The molecule has 0 saturated carbocycles. The normalized spacial score (nSPS) is 12.1. The lowest BCUT2D eigenvalue weighted by Gasteiger charge is -2.14. The minimum atomic E-state index is -0.693. The van der Waals surface area contributed by atoms with E-state index in [4.69, 9.17) is 9.47 Å². The molecule has 28 heavy (non-hydrogen) atoms. The van der Waals surface area contributed by atoms with Gasteiger partial charge >= 0.3 is 0 Å². The van der Waals surface area contributed by atoms with Gasteiger partial charge in [-0.3, -0.25) is 4.79 Å². The summed E-state index contributed by atoms with van der Waals surface area (Å²) in [5, 5.41) is 6.06. The van der Waals surface area contributed by atoms with Crippen LogP contribution in [-0.4, -0.2) is 24.8 Å². The number of hydrogen-bond donors (Lipinski definition) is 1. The fraction of sp³-hybridized carbons (Fsp3) is 0.182. The van der Waals surface area contributed by atoms with Gasteiger partial charge in [0.1, 0.15) is 11.5 Å². The lowest BCUT2D eigenvalue weighted by molar-refractivity contribution is -0.127. The zero-order valence-corrected chi connectivity index (χ0v) is 17.3. The Morgan fingerprint density at radius 3 is 2.79 bits per heavy atom. The van der Waals surface area contributed by atoms with Gasteiger partial charge in [-0.1, -0.05) is 52.3 Å². The van der Waals surface area contributed by atoms with Crippen molar-refractivity contribution in [2.24, 2.45) is 5.10 Å². The molecule has 5 nitrogen and oxygen atoms in total. The van der Waals surface area contributed by atoms with E-state index in [0.29, 0.717) is 12.4 Å². The first kappa shape index (κ1) is 19.9. The molecule has 0 aliphatic carbocycles. The monoisotopic (exact) mass is 440 g/mol. The van der Waals surface area contributed by atoms with Crippen LogP contribution in [0.25, 0.3) is 10.8 Å². The Labute approximate surface area is 172 Å². The van der Waals surface area contributed by atoms with Crippen LogP contribution in [0.4, 0.5) is 0 Å². The number of carbonyl (C=O) groups excluding carboxylic acids is 1. The Bertz CT molecular complexity index is 999. The molecule has 0 fully saturated rings. The maximum atomic E-state index is 12.3. The quantitative estimate of drug-likeness (QED) is 0.418. The average molecular weight is 441 g/mol. The van der Waals surface area contributed by atoms with Gasteiger partial charge in [0.25, 0.3) is 5.91 Å². The molecular weight excluding hydrogens is 420 g/mol. The SMILES string of the molecule is CCOc1ccc(Br)c(/C=N/NC(=O)C(C)Oc2cccc3ccccc23)c1. The Hall–Kier alpha value is -2.86. The maximum absolute atomic E-state index is 12.3. The number of hydrogen-bond acceptors (Lipinski definition) is 4. The summed E-state index contributed by atoms with van der Waals surface area (Å²) in [6.07, 6.45) is 0.871. The molecule has 144 valence electrons. The van der Waals surface area contributed by atoms with Crippen LogP contribution < -0.4 is 14.9 Å². The van der Waals surface area contributed by atoms with Crippen molar-refractivity contribution < 1.29 is 14.3 Å². The van der Waals surface area contributed by atoms with Crippen LogP contribution in [0.2, 0.25) is 0 Å². The summed E-state index contributed by atoms with van der Waals surface area (Å²) in [7, 11) is 0. The van der Waals surface area contributed by atoms with E-state index >= 15 is 0 Å². The van der Waals surface area contributed by atoms with E-state index in [2.05, 4.69) is 26.5 Å². The molecule has 0 heterocycles. The third-order valence-corrected chi connectivity index (χ3v) is 4.80. The van der Waals surface area contributed by atoms with Gasteiger partial charge < -0.3 is 9.47 Å². The average Bonchev–Trinajstić information content (AvgIpc) is 2.70.